The number of fused-ring (bicyclic) bond motifs is 1. The molecule has 0 saturated carbocycles. The smallest absolute Gasteiger partial charge is 0.163 e. The number of carbonyl (C=O) groups is 1. The number of rotatable bonds is 5. The molecular weight excluding hydrogens is 346 g/mol. The standard InChI is InChI=1S/C21H24ClN3O/c1-4-25(3)13-23-20-10-14(2)19(12-18(20)22)24-16-8-9-17-15(11-16)6-5-7-21(17)26/h8-13,24H,4-7H2,1-3H3. The lowest BCUT2D eigenvalue weighted by Gasteiger charge is -2.17. The Hall–Kier alpha value is -2.33. The summed E-state index contributed by atoms with van der Waals surface area (Å²) in [6.07, 6.45) is 4.33. The van der Waals surface area contributed by atoms with E-state index in [1.165, 1.54) is 0 Å². The Morgan fingerprint density at radius 3 is 2.85 bits per heavy atom. The van der Waals surface area contributed by atoms with Crippen molar-refractivity contribution < 1.29 is 4.79 Å². The molecule has 0 unspecified atom stereocenters. The van der Waals surface area contributed by atoms with Crippen LogP contribution in [0.4, 0.5) is 17.1 Å². The van der Waals surface area contributed by atoms with Crippen LogP contribution in [0.5, 0.6) is 0 Å². The van der Waals surface area contributed by atoms with Gasteiger partial charge in [-0.25, -0.2) is 4.99 Å². The highest BCUT2D eigenvalue weighted by atomic mass is 35.5. The summed E-state index contributed by atoms with van der Waals surface area (Å²) in [6, 6.07) is 9.84. The summed E-state index contributed by atoms with van der Waals surface area (Å²) in [5.41, 5.74) is 5.72. The molecule has 26 heavy (non-hydrogen) atoms. The molecule has 0 amide bonds. The van der Waals surface area contributed by atoms with Crippen molar-refractivity contribution in [1.82, 2.24) is 4.90 Å². The van der Waals surface area contributed by atoms with Gasteiger partial charge in [0.2, 0.25) is 0 Å². The highest BCUT2D eigenvalue weighted by molar-refractivity contribution is 6.33. The molecule has 1 aliphatic carbocycles. The van der Waals surface area contributed by atoms with Crippen LogP contribution in [0.25, 0.3) is 0 Å². The molecule has 2 aromatic rings. The van der Waals surface area contributed by atoms with Gasteiger partial charge in [0.05, 0.1) is 17.0 Å². The van der Waals surface area contributed by atoms with Crippen LogP contribution in [-0.2, 0) is 6.42 Å². The largest absolute Gasteiger partial charge is 0.366 e. The maximum absolute atomic E-state index is 12.0. The van der Waals surface area contributed by atoms with E-state index in [2.05, 4.69) is 23.3 Å². The molecule has 0 heterocycles. The maximum Gasteiger partial charge on any atom is 0.163 e. The van der Waals surface area contributed by atoms with E-state index in [1.807, 2.05) is 43.1 Å². The Bertz CT molecular complexity index is 861. The van der Waals surface area contributed by atoms with Gasteiger partial charge < -0.3 is 10.2 Å². The number of nitrogens with zero attached hydrogens (tertiary/aromatic N) is 2. The number of aliphatic imine (C=N–C) groups is 1. The summed E-state index contributed by atoms with van der Waals surface area (Å²) >= 11 is 6.41. The Morgan fingerprint density at radius 1 is 1.27 bits per heavy atom. The molecule has 136 valence electrons. The molecule has 0 bridgehead atoms. The second-order valence-corrected chi connectivity index (χ2v) is 7.12. The molecule has 0 radical (unpaired) electrons. The third kappa shape index (κ3) is 4.07. The van der Waals surface area contributed by atoms with E-state index in [-0.39, 0.29) is 5.78 Å². The molecular formula is C21H24ClN3O. The van der Waals surface area contributed by atoms with Crippen LogP contribution in [0.2, 0.25) is 5.02 Å². The zero-order valence-corrected chi connectivity index (χ0v) is 16.2. The monoisotopic (exact) mass is 369 g/mol. The number of halogens is 1. The summed E-state index contributed by atoms with van der Waals surface area (Å²) in [4.78, 5) is 18.4. The Morgan fingerprint density at radius 2 is 2.08 bits per heavy atom. The lowest BCUT2D eigenvalue weighted by atomic mass is 9.90. The van der Waals surface area contributed by atoms with Crippen molar-refractivity contribution in [3.8, 4) is 0 Å². The Labute approximate surface area is 159 Å². The molecule has 0 aliphatic heterocycles. The summed E-state index contributed by atoms with van der Waals surface area (Å²) in [7, 11) is 1.97. The molecule has 0 fully saturated rings. The van der Waals surface area contributed by atoms with Crippen molar-refractivity contribution >= 4 is 40.8 Å². The number of aryl methyl sites for hydroxylation is 2. The third-order valence-electron chi connectivity index (χ3n) is 4.72. The summed E-state index contributed by atoms with van der Waals surface area (Å²) in [6.45, 7) is 4.99. The minimum atomic E-state index is 0.247. The fraction of sp³-hybridized carbons (Fsp3) is 0.333. The predicted molar refractivity (Wildman–Crippen MR) is 110 cm³/mol. The minimum Gasteiger partial charge on any atom is -0.366 e. The van der Waals surface area contributed by atoms with Gasteiger partial charge in [0, 0.05) is 37.0 Å². The highest BCUT2D eigenvalue weighted by Gasteiger charge is 2.17. The summed E-state index contributed by atoms with van der Waals surface area (Å²) in [5.74, 6) is 0.247. The first kappa shape index (κ1) is 18.5. The molecule has 0 spiro atoms. The molecule has 2 aromatic carbocycles. The average Bonchev–Trinajstić information content (AvgIpc) is 2.63. The van der Waals surface area contributed by atoms with Crippen LogP contribution >= 0.6 is 11.6 Å². The van der Waals surface area contributed by atoms with Crippen molar-refractivity contribution in [1.29, 1.82) is 0 Å². The third-order valence-corrected chi connectivity index (χ3v) is 5.02. The Kier molecular flexibility index (Phi) is 5.62. The topological polar surface area (TPSA) is 44.7 Å². The lowest BCUT2D eigenvalue weighted by Crippen LogP contribution is -2.14. The number of nitrogens with one attached hydrogen (secondary N) is 1. The zero-order valence-electron chi connectivity index (χ0n) is 15.5. The Balaban J connectivity index is 1.83. The van der Waals surface area contributed by atoms with Gasteiger partial charge in [0.1, 0.15) is 0 Å². The van der Waals surface area contributed by atoms with Crippen molar-refractivity contribution in [2.75, 3.05) is 18.9 Å². The van der Waals surface area contributed by atoms with Gasteiger partial charge in [-0.1, -0.05) is 11.6 Å². The lowest BCUT2D eigenvalue weighted by molar-refractivity contribution is 0.0972. The van der Waals surface area contributed by atoms with Gasteiger partial charge >= 0.3 is 0 Å². The number of carbonyl (C=O) groups excluding carboxylic acids is 1. The van der Waals surface area contributed by atoms with E-state index in [1.54, 1.807) is 6.34 Å². The summed E-state index contributed by atoms with van der Waals surface area (Å²) < 4.78 is 0. The second kappa shape index (κ2) is 7.92. The van der Waals surface area contributed by atoms with Crippen molar-refractivity contribution in [2.45, 2.75) is 33.1 Å². The molecule has 3 rings (SSSR count). The van der Waals surface area contributed by atoms with Crippen molar-refractivity contribution in [3.63, 3.8) is 0 Å². The fourth-order valence-corrected chi connectivity index (χ4v) is 3.23. The van der Waals surface area contributed by atoms with Crippen molar-refractivity contribution in [2.24, 2.45) is 4.99 Å². The van der Waals surface area contributed by atoms with Gasteiger partial charge in [0.25, 0.3) is 0 Å². The summed E-state index contributed by atoms with van der Waals surface area (Å²) in [5, 5.41) is 4.03. The van der Waals surface area contributed by atoms with Crippen LogP contribution in [0, 0.1) is 6.92 Å². The van der Waals surface area contributed by atoms with E-state index in [0.717, 1.165) is 53.1 Å². The van der Waals surface area contributed by atoms with Crippen LogP contribution in [-0.4, -0.2) is 30.6 Å². The van der Waals surface area contributed by atoms with Crippen LogP contribution in [0.15, 0.2) is 35.3 Å². The van der Waals surface area contributed by atoms with Gasteiger partial charge in [-0.05, 0) is 68.1 Å². The second-order valence-electron chi connectivity index (χ2n) is 6.71. The predicted octanol–water partition coefficient (Wildman–Crippen LogP) is 5.52. The maximum atomic E-state index is 12.0. The van der Waals surface area contributed by atoms with E-state index in [4.69, 9.17) is 11.6 Å². The first-order valence-corrected chi connectivity index (χ1v) is 9.33. The van der Waals surface area contributed by atoms with Crippen LogP contribution in [0.3, 0.4) is 0 Å². The molecule has 0 aromatic heterocycles. The van der Waals surface area contributed by atoms with Crippen molar-refractivity contribution in [3.05, 3.63) is 52.0 Å². The number of ketones is 1. The normalized spacial score (nSPS) is 13.8. The number of benzene rings is 2. The first-order chi connectivity index (χ1) is 12.5. The fourth-order valence-electron chi connectivity index (χ4n) is 3.02. The van der Waals surface area contributed by atoms with E-state index < -0.39 is 0 Å². The first-order valence-electron chi connectivity index (χ1n) is 8.95. The van der Waals surface area contributed by atoms with E-state index in [9.17, 15) is 4.79 Å². The SMILES string of the molecule is CCN(C)C=Nc1cc(C)c(Nc2ccc3c(c2)CCCC3=O)cc1Cl. The number of hydrogen-bond acceptors (Lipinski definition) is 3. The highest BCUT2D eigenvalue weighted by Crippen LogP contribution is 2.33. The van der Waals surface area contributed by atoms with Gasteiger partial charge in [-0.15, -0.1) is 0 Å². The quantitative estimate of drug-likeness (QED) is 0.557. The zero-order chi connectivity index (χ0) is 18.7. The number of anilines is 2. The van der Waals surface area contributed by atoms with Gasteiger partial charge in [0.15, 0.2) is 5.78 Å². The molecule has 1 aliphatic rings. The molecule has 1 N–H and O–H groups in total. The molecule has 5 heteroatoms. The minimum absolute atomic E-state index is 0.247. The molecule has 4 nitrogen and oxygen atoms in total. The van der Waals surface area contributed by atoms with Gasteiger partial charge in [-0.3, -0.25) is 4.79 Å². The average molecular weight is 370 g/mol. The number of hydrogen-bond donors (Lipinski definition) is 1. The van der Waals surface area contributed by atoms with Crippen LogP contribution < -0.4 is 5.32 Å². The molecule has 0 atom stereocenters. The van der Waals surface area contributed by atoms with E-state index in [0.29, 0.717) is 11.4 Å². The molecule has 0 saturated heterocycles. The van der Waals surface area contributed by atoms with E-state index >= 15 is 0 Å². The van der Waals surface area contributed by atoms with Gasteiger partial charge in [-0.2, -0.15) is 0 Å². The van der Waals surface area contributed by atoms with Crippen LogP contribution in [0.1, 0.15) is 41.3 Å². The number of Topliss-reactive ketones (excluding diaryl/α,β-unsaturated/α-hetero) is 1.